The maximum absolute atomic E-state index is 6.35. The zero-order valence-corrected chi connectivity index (χ0v) is 14.9. The molecule has 0 saturated carbocycles. The van der Waals surface area contributed by atoms with E-state index in [1.807, 2.05) is 48.7 Å². The van der Waals surface area contributed by atoms with Gasteiger partial charge in [0.15, 0.2) is 0 Å². The van der Waals surface area contributed by atoms with Gasteiger partial charge in [-0.2, -0.15) is 5.10 Å². The fourth-order valence-electron chi connectivity index (χ4n) is 3.73. The van der Waals surface area contributed by atoms with Crippen molar-refractivity contribution in [2.75, 3.05) is 7.11 Å². The van der Waals surface area contributed by atoms with Crippen molar-refractivity contribution in [1.82, 2.24) is 9.99 Å². The SMILES string of the molecule is COc1ccc([C@H]2Oc3ccccc3[C@H]3CC(c4cccnc4)=NN32)cc1. The van der Waals surface area contributed by atoms with Gasteiger partial charge in [-0.1, -0.05) is 24.3 Å². The van der Waals surface area contributed by atoms with Crippen molar-refractivity contribution in [3.8, 4) is 11.5 Å². The van der Waals surface area contributed by atoms with Crippen LogP contribution in [0.5, 0.6) is 11.5 Å². The molecular weight excluding hydrogens is 338 g/mol. The van der Waals surface area contributed by atoms with Gasteiger partial charge in [0.05, 0.1) is 18.9 Å². The maximum atomic E-state index is 6.35. The summed E-state index contributed by atoms with van der Waals surface area (Å²) < 4.78 is 11.6. The summed E-state index contributed by atoms with van der Waals surface area (Å²) in [4.78, 5) is 4.24. The van der Waals surface area contributed by atoms with E-state index in [2.05, 4.69) is 28.2 Å². The first-order valence-electron chi connectivity index (χ1n) is 8.99. The van der Waals surface area contributed by atoms with E-state index in [1.54, 1.807) is 13.3 Å². The van der Waals surface area contributed by atoms with Crippen molar-refractivity contribution in [3.05, 3.63) is 89.7 Å². The summed E-state index contributed by atoms with van der Waals surface area (Å²) in [6.45, 7) is 0. The van der Waals surface area contributed by atoms with Gasteiger partial charge in [-0.05, 0) is 36.4 Å². The summed E-state index contributed by atoms with van der Waals surface area (Å²) in [5.41, 5.74) is 4.31. The minimum Gasteiger partial charge on any atom is -0.497 e. The van der Waals surface area contributed by atoms with Crippen LogP contribution in [-0.4, -0.2) is 22.8 Å². The number of nitrogens with zero attached hydrogens (tertiary/aromatic N) is 3. The van der Waals surface area contributed by atoms with Crippen LogP contribution in [0.3, 0.4) is 0 Å². The molecule has 2 aliphatic heterocycles. The van der Waals surface area contributed by atoms with Crippen molar-refractivity contribution < 1.29 is 9.47 Å². The molecule has 2 aromatic carbocycles. The maximum Gasteiger partial charge on any atom is 0.213 e. The summed E-state index contributed by atoms with van der Waals surface area (Å²) in [7, 11) is 1.67. The lowest BCUT2D eigenvalue weighted by atomic mass is 9.96. The van der Waals surface area contributed by atoms with E-state index in [-0.39, 0.29) is 12.3 Å². The lowest BCUT2D eigenvalue weighted by Gasteiger charge is -2.38. The quantitative estimate of drug-likeness (QED) is 0.700. The number of ether oxygens (including phenoxy) is 2. The van der Waals surface area contributed by atoms with Crippen LogP contribution in [0.25, 0.3) is 0 Å². The third kappa shape index (κ3) is 2.72. The summed E-state index contributed by atoms with van der Waals surface area (Å²) in [5, 5.41) is 7.01. The number of para-hydroxylation sites is 1. The zero-order valence-electron chi connectivity index (χ0n) is 14.9. The van der Waals surface area contributed by atoms with Crippen molar-refractivity contribution in [2.24, 2.45) is 5.10 Å². The Bertz CT molecular complexity index is 986. The monoisotopic (exact) mass is 357 g/mol. The van der Waals surface area contributed by atoms with E-state index in [4.69, 9.17) is 14.6 Å². The van der Waals surface area contributed by atoms with Crippen LogP contribution < -0.4 is 9.47 Å². The second kappa shape index (κ2) is 6.43. The number of hydrogen-bond acceptors (Lipinski definition) is 5. The molecule has 0 radical (unpaired) electrons. The Labute approximate surface area is 157 Å². The molecule has 27 heavy (non-hydrogen) atoms. The Hall–Kier alpha value is -3.34. The molecule has 0 bridgehead atoms. The highest BCUT2D eigenvalue weighted by Gasteiger charge is 2.40. The molecule has 134 valence electrons. The topological polar surface area (TPSA) is 47.0 Å². The molecule has 0 amide bonds. The van der Waals surface area contributed by atoms with Crippen molar-refractivity contribution in [2.45, 2.75) is 18.7 Å². The van der Waals surface area contributed by atoms with Gasteiger partial charge in [0.2, 0.25) is 6.23 Å². The molecule has 3 aromatic rings. The van der Waals surface area contributed by atoms with E-state index in [1.165, 1.54) is 5.56 Å². The number of pyridine rings is 1. The van der Waals surface area contributed by atoms with Gasteiger partial charge in [-0.15, -0.1) is 0 Å². The normalized spacial score (nSPS) is 20.3. The summed E-state index contributed by atoms with van der Waals surface area (Å²) in [6.07, 6.45) is 4.21. The number of methoxy groups -OCH3 is 1. The lowest BCUT2D eigenvalue weighted by Crippen LogP contribution is -2.33. The Balaban J connectivity index is 1.57. The molecule has 5 nitrogen and oxygen atoms in total. The molecule has 0 aliphatic carbocycles. The molecule has 0 unspecified atom stereocenters. The number of benzene rings is 2. The van der Waals surface area contributed by atoms with Gasteiger partial charge in [0.25, 0.3) is 0 Å². The van der Waals surface area contributed by atoms with Crippen molar-refractivity contribution in [3.63, 3.8) is 0 Å². The fraction of sp³-hybridized carbons (Fsp3) is 0.182. The number of fused-ring (bicyclic) bond motifs is 3. The van der Waals surface area contributed by atoms with Gasteiger partial charge in [0.1, 0.15) is 11.5 Å². The molecule has 5 rings (SSSR count). The van der Waals surface area contributed by atoms with Crippen LogP contribution in [0.4, 0.5) is 0 Å². The Kier molecular flexibility index (Phi) is 3.78. The number of rotatable bonds is 3. The van der Waals surface area contributed by atoms with E-state index in [9.17, 15) is 0 Å². The fourth-order valence-corrected chi connectivity index (χ4v) is 3.73. The van der Waals surface area contributed by atoms with Crippen LogP contribution >= 0.6 is 0 Å². The second-order valence-corrected chi connectivity index (χ2v) is 6.67. The van der Waals surface area contributed by atoms with Gasteiger partial charge in [-0.25, -0.2) is 5.01 Å². The largest absolute Gasteiger partial charge is 0.497 e. The lowest BCUT2D eigenvalue weighted by molar-refractivity contribution is -0.0190. The molecule has 0 N–H and O–H groups in total. The number of hydrazone groups is 1. The molecular formula is C22H19N3O2. The average Bonchev–Trinajstić information content (AvgIpc) is 3.20. The Morgan fingerprint density at radius 2 is 1.89 bits per heavy atom. The van der Waals surface area contributed by atoms with Gasteiger partial charge < -0.3 is 9.47 Å². The minimum absolute atomic E-state index is 0.150. The van der Waals surface area contributed by atoms with Gasteiger partial charge in [0, 0.05) is 35.5 Å². The van der Waals surface area contributed by atoms with Crippen molar-refractivity contribution >= 4 is 5.71 Å². The Morgan fingerprint density at radius 1 is 1.04 bits per heavy atom. The summed E-state index contributed by atoms with van der Waals surface area (Å²) in [5.74, 6) is 1.75. The van der Waals surface area contributed by atoms with E-state index in [0.29, 0.717) is 0 Å². The highest BCUT2D eigenvalue weighted by atomic mass is 16.5. The van der Waals surface area contributed by atoms with E-state index in [0.717, 1.165) is 34.8 Å². The third-order valence-corrected chi connectivity index (χ3v) is 5.09. The van der Waals surface area contributed by atoms with Crippen LogP contribution in [-0.2, 0) is 0 Å². The molecule has 3 heterocycles. The van der Waals surface area contributed by atoms with E-state index >= 15 is 0 Å². The Morgan fingerprint density at radius 3 is 2.67 bits per heavy atom. The van der Waals surface area contributed by atoms with Crippen LogP contribution in [0.2, 0.25) is 0 Å². The smallest absolute Gasteiger partial charge is 0.213 e. The van der Waals surface area contributed by atoms with Gasteiger partial charge in [-0.3, -0.25) is 4.98 Å². The molecule has 2 aliphatic rings. The van der Waals surface area contributed by atoms with Crippen LogP contribution in [0.15, 0.2) is 78.2 Å². The standard InChI is InChI=1S/C22H19N3O2/c1-26-17-10-8-15(9-11-17)22-25-20(18-6-2-3-7-21(18)27-22)13-19(24-25)16-5-4-12-23-14-16/h2-12,14,20,22H,13H2,1H3/t20-,22-/m1/s1. The molecule has 1 aromatic heterocycles. The summed E-state index contributed by atoms with van der Waals surface area (Å²) >= 11 is 0. The molecule has 0 spiro atoms. The third-order valence-electron chi connectivity index (χ3n) is 5.09. The predicted octanol–water partition coefficient (Wildman–Crippen LogP) is 4.33. The summed E-state index contributed by atoms with van der Waals surface area (Å²) in [6, 6.07) is 20.3. The zero-order chi connectivity index (χ0) is 18.2. The first-order valence-corrected chi connectivity index (χ1v) is 8.99. The van der Waals surface area contributed by atoms with E-state index < -0.39 is 0 Å². The highest BCUT2D eigenvalue weighted by Crippen LogP contribution is 2.47. The molecule has 0 fully saturated rings. The molecule has 5 heteroatoms. The average molecular weight is 357 g/mol. The first-order chi connectivity index (χ1) is 13.3. The number of aromatic nitrogens is 1. The van der Waals surface area contributed by atoms with Gasteiger partial charge >= 0.3 is 0 Å². The van der Waals surface area contributed by atoms with Crippen LogP contribution in [0.1, 0.15) is 35.4 Å². The van der Waals surface area contributed by atoms with Crippen LogP contribution in [0, 0.1) is 0 Å². The number of hydrogen-bond donors (Lipinski definition) is 0. The molecule has 0 saturated heterocycles. The first kappa shape index (κ1) is 15.9. The van der Waals surface area contributed by atoms with Crippen molar-refractivity contribution in [1.29, 1.82) is 0 Å². The minimum atomic E-state index is -0.273. The predicted molar refractivity (Wildman–Crippen MR) is 103 cm³/mol. The highest BCUT2D eigenvalue weighted by molar-refractivity contribution is 6.01. The second-order valence-electron chi connectivity index (χ2n) is 6.67. The molecule has 2 atom stereocenters.